The average Bonchev–Trinajstić information content (AvgIpc) is 2.48. The fourth-order valence-corrected chi connectivity index (χ4v) is 3.34. The highest BCUT2D eigenvalue weighted by Gasteiger charge is 2.44. The van der Waals surface area contributed by atoms with Crippen LogP contribution >= 0.6 is 0 Å². The van der Waals surface area contributed by atoms with Crippen molar-refractivity contribution < 1.29 is 14.7 Å². The van der Waals surface area contributed by atoms with Gasteiger partial charge < -0.3 is 5.11 Å². The molecule has 0 spiro atoms. The Bertz CT molecular complexity index is 517. The van der Waals surface area contributed by atoms with E-state index < -0.39 is 12.0 Å². The molecule has 0 radical (unpaired) electrons. The molecule has 4 atom stereocenters. The largest absolute Gasteiger partial charge is 0.480 e. The number of hydrogen-bond acceptors (Lipinski definition) is 4. The lowest BCUT2D eigenvalue weighted by Crippen LogP contribution is -2.65. The van der Waals surface area contributed by atoms with Crippen molar-refractivity contribution in [2.45, 2.75) is 37.3 Å². The van der Waals surface area contributed by atoms with E-state index in [0.29, 0.717) is 5.92 Å². The molecule has 1 saturated carbocycles. The molecular weight excluding hydrogens is 256 g/mol. The second-order valence-electron chi connectivity index (χ2n) is 5.60. The maximum atomic E-state index is 12.3. The number of carboxylic acid groups (broad SMARTS) is 1. The van der Waals surface area contributed by atoms with Crippen molar-refractivity contribution in [3.8, 4) is 0 Å². The van der Waals surface area contributed by atoms with Gasteiger partial charge in [0.2, 0.25) is 0 Å². The van der Waals surface area contributed by atoms with Gasteiger partial charge in [0, 0.05) is 12.0 Å². The monoisotopic (exact) mass is 274 g/mol. The number of carbonyl (C=O) groups excluding carboxylic acids is 1. The first-order valence-electron chi connectivity index (χ1n) is 6.99. The molecule has 0 bridgehead atoms. The SMILES string of the molecule is O=C(O)C1NNC2CCC(c3ccccc3)CC2C1=O. The van der Waals surface area contributed by atoms with Gasteiger partial charge in [0.05, 0.1) is 0 Å². The van der Waals surface area contributed by atoms with Crippen LogP contribution in [0.2, 0.25) is 0 Å². The average molecular weight is 274 g/mol. The van der Waals surface area contributed by atoms with E-state index >= 15 is 0 Å². The van der Waals surface area contributed by atoms with E-state index in [1.54, 1.807) is 0 Å². The summed E-state index contributed by atoms with van der Waals surface area (Å²) >= 11 is 0. The van der Waals surface area contributed by atoms with Crippen molar-refractivity contribution in [1.29, 1.82) is 0 Å². The predicted octanol–water partition coefficient (Wildman–Crippen LogP) is 1.07. The van der Waals surface area contributed by atoms with Gasteiger partial charge in [-0.25, -0.2) is 10.2 Å². The zero-order valence-corrected chi connectivity index (χ0v) is 11.1. The molecule has 3 rings (SSSR count). The Morgan fingerprint density at radius 2 is 1.90 bits per heavy atom. The van der Waals surface area contributed by atoms with Gasteiger partial charge in [-0.1, -0.05) is 30.3 Å². The topological polar surface area (TPSA) is 78.4 Å². The third-order valence-corrected chi connectivity index (χ3v) is 4.43. The Morgan fingerprint density at radius 3 is 2.60 bits per heavy atom. The van der Waals surface area contributed by atoms with Crippen LogP contribution in [0.4, 0.5) is 0 Å². The summed E-state index contributed by atoms with van der Waals surface area (Å²) < 4.78 is 0. The molecule has 106 valence electrons. The molecule has 1 aromatic carbocycles. The van der Waals surface area contributed by atoms with Crippen molar-refractivity contribution in [3.05, 3.63) is 35.9 Å². The van der Waals surface area contributed by atoms with Crippen LogP contribution < -0.4 is 10.9 Å². The Kier molecular flexibility index (Phi) is 3.54. The summed E-state index contributed by atoms with van der Waals surface area (Å²) in [4.78, 5) is 23.4. The molecule has 2 aliphatic rings. The third kappa shape index (κ3) is 2.34. The van der Waals surface area contributed by atoms with Gasteiger partial charge in [0.15, 0.2) is 11.8 Å². The van der Waals surface area contributed by atoms with Gasteiger partial charge in [-0.3, -0.25) is 10.2 Å². The second kappa shape index (κ2) is 5.34. The summed E-state index contributed by atoms with van der Waals surface area (Å²) in [6.07, 6.45) is 2.63. The maximum absolute atomic E-state index is 12.3. The normalized spacial score (nSPS) is 33.5. The standard InChI is InChI=1S/C15H18N2O3/c18-14-11-8-10(9-4-2-1-3-5-9)6-7-12(11)16-17-13(14)15(19)20/h1-5,10-13,16-17H,6-8H2,(H,19,20). The van der Waals surface area contributed by atoms with Crippen LogP contribution in [-0.2, 0) is 9.59 Å². The quantitative estimate of drug-likeness (QED) is 0.703. The number of fused-ring (bicyclic) bond motifs is 1. The molecular formula is C15H18N2O3. The number of hydrazine groups is 1. The van der Waals surface area contributed by atoms with Crippen LogP contribution in [0.1, 0.15) is 30.7 Å². The van der Waals surface area contributed by atoms with Crippen LogP contribution in [0.15, 0.2) is 30.3 Å². The molecule has 2 fully saturated rings. The molecule has 3 N–H and O–H groups in total. The van der Waals surface area contributed by atoms with E-state index in [9.17, 15) is 9.59 Å². The number of carbonyl (C=O) groups is 2. The summed E-state index contributed by atoms with van der Waals surface area (Å²) in [5, 5.41) is 9.06. The van der Waals surface area contributed by atoms with Crippen LogP contribution in [0.3, 0.4) is 0 Å². The number of Topliss-reactive ketones (excluding diaryl/α,β-unsaturated/α-hetero) is 1. The van der Waals surface area contributed by atoms with E-state index in [1.165, 1.54) is 5.56 Å². The summed E-state index contributed by atoms with van der Waals surface area (Å²) in [5.41, 5.74) is 6.87. The minimum atomic E-state index is -1.12. The number of carboxylic acids is 1. The van der Waals surface area contributed by atoms with Crippen molar-refractivity contribution in [2.75, 3.05) is 0 Å². The van der Waals surface area contributed by atoms with Gasteiger partial charge >= 0.3 is 5.97 Å². The molecule has 20 heavy (non-hydrogen) atoms. The maximum Gasteiger partial charge on any atom is 0.329 e. The van der Waals surface area contributed by atoms with Crippen LogP contribution in [0.25, 0.3) is 0 Å². The Hall–Kier alpha value is -1.72. The van der Waals surface area contributed by atoms with Gasteiger partial charge in [-0.05, 0) is 30.7 Å². The van der Waals surface area contributed by atoms with Gasteiger partial charge in [0.25, 0.3) is 0 Å². The second-order valence-corrected chi connectivity index (χ2v) is 5.60. The number of rotatable bonds is 2. The van der Waals surface area contributed by atoms with Crippen LogP contribution in [0, 0.1) is 5.92 Å². The predicted molar refractivity (Wildman–Crippen MR) is 73.0 cm³/mol. The lowest BCUT2D eigenvalue weighted by molar-refractivity contribution is -0.148. The minimum Gasteiger partial charge on any atom is -0.480 e. The molecule has 4 unspecified atom stereocenters. The fraction of sp³-hybridized carbons (Fsp3) is 0.467. The van der Waals surface area contributed by atoms with E-state index in [4.69, 9.17) is 5.11 Å². The lowest BCUT2D eigenvalue weighted by atomic mass is 9.72. The van der Waals surface area contributed by atoms with Gasteiger partial charge in [-0.15, -0.1) is 0 Å². The number of hydrogen-bond donors (Lipinski definition) is 3. The smallest absolute Gasteiger partial charge is 0.329 e. The Labute approximate surface area is 117 Å². The number of ketones is 1. The Morgan fingerprint density at radius 1 is 1.15 bits per heavy atom. The molecule has 5 nitrogen and oxygen atoms in total. The Balaban J connectivity index is 1.77. The zero-order chi connectivity index (χ0) is 14.1. The van der Waals surface area contributed by atoms with E-state index in [2.05, 4.69) is 23.0 Å². The molecule has 0 amide bonds. The molecule has 1 aromatic rings. The third-order valence-electron chi connectivity index (χ3n) is 4.43. The summed E-state index contributed by atoms with van der Waals surface area (Å²) in [6, 6.07) is 9.08. The van der Waals surface area contributed by atoms with Crippen LogP contribution in [-0.4, -0.2) is 28.9 Å². The molecule has 5 heteroatoms. The highest BCUT2D eigenvalue weighted by atomic mass is 16.4. The number of nitrogens with one attached hydrogen (secondary N) is 2. The summed E-state index contributed by atoms with van der Waals surface area (Å²) in [5.74, 6) is -1.17. The first kappa shape index (κ1) is 13.3. The fourth-order valence-electron chi connectivity index (χ4n) is 3.34. The summed E-state index contributed by atoms with van der Waals surface area (Å²) in [7, 11) is 0. The van der Waals surface area contributed by atoms with Crippen molar-refractivity contribution in [3.63, 3.8) is 0 Å². The minimum absolute atomic E-state index is 0.0538. The molecule has 1 saturated heterocycles. The molecule has 1 aliphatic carbocycles. The van der Waals surface area contributed by atoms with Crippen molar-refractivity contribution in [2.24, 2.45) is 5.92 Å². The first-order valence-corrected chi connectivity index (χ1v) is 6.99. The molecule has 0 aromatic heterocycles. The number of benzene rings is 1. The van der Waals surface area contributed by atoms with E-state index in [0.717, 1.165) is 19.3 Å². The van der Waals surface area contributed by atoms with Crippen molar-refractivity contribution in [1.82, 2.24) is 10.9 Å². The van der Waals surface area contributed by atoms with E-state index in [1.807, 2.05) is 18.2 Å². The van der Waals surface area contributed by atoms with Crippen molar-refractivity contribution >= 4 is 11.8 Å². The summed E-state index contributed by atoms with van der Waals surface area (Å²) in [6.45, 7) is 0. The highest BCUT2D eigenvalue weighted by Crippen LogP contribution is 2.38. The molecule has 1 heterocycles. The first-order chi connectivity index (χ1) is 9.66. The lowest BCUT2D eigenvalue weighted by Gasteiger charge is -2.41. The number of aliphatic carboxylic acids is 1. The van der Waals surface area contributed by atoms with Crippen LogP contribution in [0.5, 0.6) is 0 Å². The zero-order valence-electron chi connectivity index (χ0n) is 11.1. The van der Waals surface area contributed by atoms with E-state index in [-0.39, 0.29) is 17.7 Å². The highest BCUT2D eigenvalue weighted by molar-refractivity contribution is 6.04. The van der Waals surface area contributed by atoms with Gasteiger partial charge in [0.1, 0.15) is 0 Å². The van der Waals surface area contributed by atoms with Gasteiger partial charge in [-0.2, -0.15) is 0 Å². The molecule has 1 aliphatic heterocycles.